The standard InChI is InChI=1S/C11H17NO2/c1-7-10(2,3)8-4-5-11(7,6-8)9(13)12-14/h8,14H,1,4-6H2,2-3H3,(H,12,13)/t8-,11-/m1/s1. The third-order valence-corrected chi connectivity index (χ3v) is 4.43. The van der Waals surface area contributed by atoms with Gasteiger partial charge in [-0.1, -0.05) is 26.0 Å². The molecule has 2 aliphatic rings. The summed E-state index contributed by atoms with van der Waals surface area (Å²) in [5.41, 5.74) is 2.35. The van der Waals surface area contributed by atoms with Crippen LogP contribution in [0.15, 0.2) is 12.2 Å². The Morgan fingerprint density at radius 2 is 2.29 bits per heavy atom. The van der Waals surface area contributed by atoms with Gasteiger partial charge in [-0.15, -0.1) is 0 Å². The van der Waals surface area contributed by atoms with E-state index in [9.17, 15) is 4.79 Å². The van der Waals surface area contributed by atoms with Crippen LogP contribution >= 0.6 is 0 Å². The summed E-state index contributed by atoms with van der Waals surface area (Å²) in [6.45, 7) is 8.35. The lowest BCUT2D eigenvalue weighted by Gasteiger charge is -2.36. The van der Waals surface area contributed by atoms with Gasteiger partial charge in [0.2, 0.25) is 0 Å². The van der Waals surface area contributed by atoms with Gasteiger partial charge in [-0.2, -0.15) is 0 Å². The Bertz CT molecular complexity index is 308. The van der Waals surface area contributed by atoms with Crippen LogP contribution < -0.4 is 5.48 Å². The van der Waals surface area contributed by atoms with Crippen LogP contribution in [0.2, 0.25) is 0 Å². The lowest BCUT2D eigenvalue weighted by Crippen LogP contribution is -2.40. The molecule has 0 aromatic carbocycles. The van der Waals surface area contributed by atoms with Gasteiger partial charge in [0, 0.05) is 0 Å². The molecule has 2 fully saturated rings. The van der Waals surface area contributed by atoms with E-state index in [-0.39, 0.29) is 11.3 Å². The Morgan fingerprint density at radius 3 is 2.71 bits per heavy atom. The first-order valence-electron chi connectivity index (χ1n) is 5.09. The van der Waals surface area contributed by atoms with Gasteiger partial charge in [0.15, 0.2) is 0 Å². The highest BCUT2D eigenvalue weighted by Crippen LogP contribution is 2.65. The predicted octanol–water partition coefficient (Wildman–Crippen LogP) is 1.87. The molecule has 0 radical (unpaired) electrons. The van der Waals surface area contributed by atoms with Crippen LogP contribution in [-0.2, 0) is 4.79 Å². The maximum absolute atomic E-state index is 11.7. The number of amides is 1. The molecule has 2 bridgehead atoms. The molecule has 78 valence electrons. The van der Waals surface area contributed by atoms with E-state index in [1.807, 2.05) is 0 Å². The van der Waals surface area contributed by atoms with E-state index in [1.165, 1.54) is 0 Å². The first kappa shape index (κ1) is 9.71. The quantitative estimate of drug-likeness (QED) is 0.381. The number of rotatable bonds is 1. The van der Waals surface area contributed by atoms with E-state index < -0.39 is 5.41 Å². The van der Waals surface area contributed by atoms with Crippen LogP contribution in [0.4, 0.5) is 0 Å². The van der Waals surface area contributed by atoms with E-state index in [0.29, 0.717) is 5.92 Å². The molecule has 2 aliphatic carbocycles. The highest BCUT2D eigenvalue weighted by Gasteiger charge is 2.60. The van der Waals surface area contributed by atoms with Gasteiger partial charge >= 0.3 is 0 Å². The van der Waals surface area contributed by atoms with Gasteiger partial charge in [0.05, 0.1) is 5.41 Å². The molecule has 14 heavy (non-hydrogen) atoms. The molecule has 2 atom stereocenters. The van der Waals surface area contributed by atoms with Crippen molar-refractivity contribution in [3.63, 3.8) is 0 Å². The van der Waals surface area contributed by atoms with Crippen molar-refractivity contribution in [2.75, 3.05) is 0 Å². The predicted molar refractivity (Wildman–Crippen MR) is 52.6 cm³/mol. The Hall–Kier alpha value is -0.830. The second kappa shape index (κ2) is 2.60. The molecular weight excluding hydrogens is 178 g/mol. The summed E-state index contributed by atoms with van der Waals surface area (Å²) in [6.07, 6.45) is 2.76. The average Bonchev–Trinajstić information content (AvgIpc) is 2.66. The SMILES string of the molecule is C=C1C(C)(C)[C@@H]2CC[C@@]1(C(=O)NO)C2. The van der Waals surface area contributed by atoms with Crippen LogP contribution in [-0.4, -0.2) is 11.1 Å². The summed E-state index contributed by atoms with van der Waals surface area (Å²) < 4.78 is 0. The maximum atomic E-state index is 11.7. The van der Waals surface area contributed by atoms with Crippen molar-refractivity contribution in [2.24, 2.45) is 16.7 Å². The lowest BCUT2D eigenvalue weighted by atomic mass is 9.68. The Labute approximate surface area is 84.1 Å². The molecule has 0 aliphatic heterocycles. The van der Waals surface area contributed by atoms with Gasteiger partial charge in [-0.3, -0.25) is 10.0 Å². The topological polar surface area (TPSA) is 49.3 Å². The fraction of sp³-hybridized carbons (Fsp3) is 0.727. The summed E-state index contributed by atoms with van der Waals surface area (Å²) >= 11 is 0. The first-order valence-corrected chi connectivity index (χ1v) is 5.09. The third kappa shape index (κ3) is 0.883. The molecule has 3 nitrogen and oxygen atoms in total. The summed E-state index contributed by atoms with van der Waals surface area (Å²) in [4.78, 5) is 11.7. The molecule has 2 N–H and O–H groups in total. The Balaban J connectivity index is 2.40. The lowest BCUT2D eigenvalue weighted by molar-refractivity contribution is -0.137. The number of hydrogen-bond acceptors (Lipinski definition) is 2. The molecular formula is C11H17NO2. The van der Waals surface area contributed by atoms with E-state index in [1.54, 1.807) is 5.48 Å². The van der Waals surface area contributed by atoms with E-state index in [0.717, 1.165) is 24.8 Å². The first-order chi connectivity index (χ1) is 6.45. The fourth-order valence-corrected chi connectivity index (χ4v) is 3.25. The molecule has 2 saturated carbocycles. The summed E-state index contributed by atoms with van der Waals surface area (Å²) in [5.74, 6) is 0.280. The average molecular weight is 195 g/mol. The number of carbonyl (C=O) groups excluding carboxylic acids is 1. The van der Waals surface area contributed by atoms with Crippen LogP contribution in [0, 0.1) is 16.7 Å². The molecule has 1 amide bonds. The molecule has 2 rings (SSSR count). The molecule has 0 unspecified atom stereocenters. The van der Waals surface area contributed by atoms with Crippen LogP contribution in [0.25, 0.3) is 0 Å². The molecule has 0 heterocycles. The summed E-state index contributed by atoms with van der Waals surface area (Å²) in [7, 11) is 0. The molecule has 0 aromatic heterocycles. The van der Waals surface area contributed by atoms with Gasteiger partial charge < -0.3 is 0 Å². The highest BCUT2D eigenvalue weighted by molar-refractivity contribution is 5.86. The minimum atomic E-state index is -0.483. The Kier molecular flexibility index (Phi) is 1.80. The monoisotopic (exact) mass is 195 g/mol. The Morgan fingerprint density at radius 1 is 1.64 bits per heavy atom. The van der Waals surface area contributed by atoms with Crippen LogP contribution in [0.5, 0.6) is 0 Å². The third-order valence-electron chi connectivity index (χ3n) is 4.43. The van der Waals surface area contributed by atoms with Crippen molar-refractivity contribution in [2.45, 2.75) is 33.1 Å². The minimum absolute atomic E-state index is 0.0464. The molecule has 0 saturated heterocycles. The zero-order chi connectivity index (χ0) is 10.6. The highest BCUT2D eigenvalue weighted by atomic mass is 16.5. The number of nitrogens with one attached hydrogen (secondary N) is 1. The van der Waals surface area contributed by atoms with Gasteiger partial charge in [-0.25, -0.2) is 5.48 Å². The van der Waals surface area contributed by atoms with Gasteiger partial charge in [-0.05, 0) is 30.6 Å². The van der Waals surface area contributed by atoms with Gasteiger partial charge in [0.25, 0.3) is 5.91 Å². The number of fused-ring (bicyclic) bond motifs is 2. The maximum Gasteiger partial charge on any atom is 0.253 e. The zero-order valence-electron chi connectivity index (χ0n) is 8.76. The van der Waals surface area contributed by atoms with Crippen molar-refractivity contribution in [1.82, 2.24) is 5.48 Å². The van der Waals surface area contributed by atoms with Crippen molar-refractivity contribution in [1.29, 1.82) is 0 Å². The molecule has 0 spiro atoms. The normalized spacial score (nSPS) is 38.8. The summed E-state index contributed by atoms with van der Waals surface area (Å²) in [5, 5.41) is 8.76. The van der Waals surface area contributed by atoms with E-state index in [4.69, 9.17) is 5.21 Å². The van der Waals surface area contributed by atoms with Crippen molar-refractivity contribution < 1.29 is 10.0 Å². The number of hydrogen-bond donors (Lipinski definition) is 2. The second-order valence-electron chi connectivity index (χ2n) is 5.16. The van der Waals surface area contributed by atoms with Crippen LogP contribution in [0.3, 0.4) is 0 Å². The largest absolute Gasteiger partial charge is 0.289 e. The fourth-order valence-electron chi connectivity index (χ4n) is 3.25. The van der Waals surface area contributed by atoms with Gasteiger partial charge in [0.1, 0.15) is 0 Å². The number of carbonyl (C=O) groups is 1. The van der Waals surface area contributed by atoms with E-state index in [2.05, 4.69) is 20.4 Å². The summed E-state index contributed by atoms with van der Waals surface area (Å²) in [6, 6.07) is 0. The van der Waals surface area contributed by atoms with Crippen molar-refractivity contribution in [3.05, 3.63) is 12.2 Å². The molecule has 3 heteroatoms. The smallest absolute Gasteiger partial charge is 0.253 e. The van der Waals surface area contributed by atoms with Crippen molar-refractivity contribution in [3.8, 4) is 0 Å². The van der Waals surface area contributed by atoms with E-state index >= 15 is 0 Å². The van der Waals surface area contributed by atoms with Crippen LogP contribution in [0.1, 0.15) is 33.1 Å². The molecule has 0 aromatic rings. The van der Waals surface area contributed by atoms with Crippen molar-refractivity contribution >= 4 is 5.91 Å². The second-order valence-corrected chi connectivity index (χ2v) is 5.16. The zero-order valence-corrected chi connectivity index (χ0v) is 8.76. The number of hydroxylamine groups is 1. The minimum Gasteiger partial charge on any atom is -0.289 e.